The van der Waals surface area contributed by atoms with Crippen molar-refractivity contribution in [3.8, 4) is 0 Å². The molecule has 22 heavy (non-hydrogen) atoms. The molecule has 2 aromatic carbocycles. The normalized spacial score (nSPS) is 9.95. The molecule has 0 atom stereocenters. The number of hydrogen-bond acceptors (Lipinski definition) is 2. The summed E-state index contributed by atoms with van der Waals surface area (Å²) in [6, 6.07) is 9.62. The maximum Gasteiger partial charge on any atom is 0.270 e. The third-order valence-corrected chi connectivity index (χ3v) is 3.45. The monoisotopic (exact) mass is 385 g/mol. The smallest absolute Gasteiger partial charge is 0.270 e. The van der Waals surface area contributed by atoms with Crippen LogP contribution < -0.4 is 16.2 Å². The van der Waals surface area contributed by atoms with E-state index in [0.717, 1.165) is 6.07 Å². The highest BCUT2D eigenvalue weighted by Crippen LogP contribution is 2.17. The van der Waals surface area contributed by atoms with Crippen LogP contribution in [-0.2, 0) is 0 Å². The average Bonchev–Trinajstić information content (AvgIpc) is 2.47. The number of hydrogen-bond donors (Lipinski definition) is 3. The van der Waals surface area contributed by atoms with Crippen LogP contribution in [0.15, 0.2) is 46.9 Å². The van der Waals surface area contributed by atoms with Gasteiger partial charge in [0.2, 0.25) is 0 Å². The van der Waals surface area contributed by atoms with E-state index < -0.39 is 17.5 Å². The molecule has 4 nitrogen and oxygen atoms in total. The van der Waals surface area contributed by atoms with E-state index in [0.29, 0.717) is 4.47 Å². The van der Waals surface area contributed by atoms with Crippen LogP contribution >= 0.6 is 28.1 Å². The molecule has 0 fully saturated rings. The Labute approximate surface area is 139 Å². The second-order valence-electron chi connectivity index (χ2n) is 4.14. The highest BCUT2D eigenvalue weighted by Gasteiger charge is 2.11. The highest BCUT2D eigenvalue weighted by molar-refractivity contribution is 9.10. The lowest BCUT2D eigenvalue weighted by Gasteiger charge is -2.12. The minimum absolute atomic E-state index is 0.0108. The largest absolute Gasteiger partial charge is 0.329 e. The van der Waals surface area contributed by atoms with Gasteiger partial charge in [-0.05, 0) is 58.5 Å². The number of rotatable bonds is 2. The second-order valence-corrected chi connectivity index (χ2v) is 5.40. The summed E-state index contributed by atoms with van der Waals surface area (Å²) in [5.41, 5.74) is 5.17. The van der Waals surface area contributed by atoms with Crippen molar-refractivity contribution >= 4 is 44.9 Å². The summed E-state index contributed by atoms with van der Waals surface area (Å²) in [5.74, 6) is -1.46. The van der Waals surface area contributed by atoms with Crippen LogP contribution in [0, 0.1) is 11.6 Å². The van der Waals surface area contributed by atoms with Gasteiger partial charge in [0, 0.05) is 4.47 Å². The molecule has 0 unspecified atom stereocenters. The third-order valence-electron chi connectivity index (χ3n) is 2.59. The number of nitrogens with one attached hydrogen (secondary N) is 3. The second kappa shape index (κ2) is 7.28. The Morgan fingerprint density at radius 1 is 1.09 bits per heavy atom. The van der Waals surface area contributed by atoms with E-state index >= 15 is 0 Å². The van der Waals surface area contributed by atoms with Crippen molar-refractivity contribution in [1.82, 2.24) is 10.9 Å². The number of thiocarbonyl (C=S) groups is 1. The van der Waals surface area contributed by atoms with Gasteiger partial charge >= 0.3 is 0 Å². The predicted molar refractivity (Wildman–Crippen MR) is 87.3 cm³/mol. The first kappa shape index (κ1) is 16.3. The van der Waals surface area contributed by atoms with Crippen molar-refractivity contribution < 1.29 is 13.6 Å². The van der Waals surface area contributed by atoms with E-state index in [2.05, 4.69) is 32.1 Å². The van der Waals surface area contributed by atoms with E-state index in [4.69, 9.17) is 12.2 Å². The lowest BCUT2D eigenvalue weighted by molar-refractivity contribution is 0.0943. The molecule has 0 bridgehead atoms. The van der Waals surface area contributed by atoms with E-state index in [9.17, 15) is 13.6 Å². The first-order valence-electron chi connectivity index (χ1n) is 6.04. The number of hydrazine groups is 1. The SMILES string of the molecule is O=C(NNC(=S)Nc1ccccc1F)c1ccc(F)cc1Br. The van der Waals surface area contributed by atoms with Crippen LogP contribution in [0.4, 0.5) is 14.5 Å². The molecule has 0 saturated carbocycles. The molecular weight excluding hydrogens is 376 g/mol. The molecule has 2 aromatic rings. The molecule has 8 heteroatoms. The van der Waals surface area contributed by atoms with E-state index in [-0.39, 0.29) is 16.4 Å². The molecule has 3 N–H and O–H groups in total. The van der Waals surface area contributed by atoms with Crippen molar-refractivity contribution in [2.24, 2.45) is 0 Å². The quantitative estimate of drug-likeness (QED) is 0.548. The van der Waals surface area contributed by atoms with Crippen LogP contribution in [0.2, 0.25) is 0 Å². The molecule has 0 aliphatic rings. The number of amides is 1. The van der Waals surface area contributed by atoms with Crippen molar-refractivity contribution in [3.63, 3.8) is 0 Å². The lowest BCUT2D eigenvalue weighted by atomic mass is 10.2. The number of anilines is 1. The highest BCUT2D eigenvalue weighted by atomic mass is 79.9. The molecule has 0 heterocycles. The Morgan fingerprint density at radius 2 is 1.82 bits per heavy atom. The number of carbonyl (C=O) groups is 1. The molecule has 0 spiro atoms. The summed E-state index contributed by atoms with van der Waals surface area (Å²) in [6.07, 6.45) is 0. The van der Waals surface area contributed by atoms with Gasteiger partial charge in [0.15, 0.2) is 5.11 Å². The van der Waals surface area contributed by atoms with Crippen molar-refractivity contribution in [3.05, 3.63) is 64.1 Å². The van der Waals surface area contributed by atoms with Crippen LogP contribution in [0.3, 0.4) is 0 Å². The third kappa shape index (κ3) is 4.22. The van der Waals surface area contributed by atoms with Gasteiger partial charge in [0.05, 0.1) is 11.3 Å². The van der Waals surface area contributed by atoms with Gasteiger partial charge in [-0.3, -0.25) is 15.6 Å². The van der Waals surface area contributed by atoms with Crippen LogP contribution in [0.5, 0.6) is 0 Å². The van der Waals surface area contributed by atoms with Gasteiger partial charge in [-0.1, -0.05) is 12.1 Å². The zero-order chi connectivity index (χ0) is 16.1. The maximum absolute atomic E-state index is 13.4. The predicted octanol–water partition coefficient (Wildman–Crippen LogP) is 3.36. The van der Waals surface area contributed by atoms with Gasteiger partial charge < -0.3 is 5.32 Å². The summed E-state index contributed by atoms with van der Waals surface area (Å²) < 4.78 is 26.7. The Hall–Kier alpha value is -2.06. The molecule has 0 radical (unpaired) electrons. The topological polar surface area (TPSA) is 53.2 Å². The lowest BCUT2D eigenvalue weighted by Crippen LogP contribution is -2.44. The Morgan fingerprint density at radius 3 is 2.50 bits per heavy atom. The number of carbonyl (C=O) groups excluding carboxylic acids is 1. The Balaban J connectivity index is 1.93. The van der Waals surface area contributed by atoms with Crippen molar-refractivity contribution in [1.29, 1.82) is 0 Å². The van der Waals surface area contributed by atoms with E-state index in [1.165, 1.54) is 24.3 Å². The van der Waals surface area contributed by atoms with E-state index in [1.54, 1.807) is 12.1 Å². The van der Waals surface area contributed by atoms with Crippen molar-refractivity contribution in [2.45, 2.75) is 0 Å². The molecule has 0 saturated heterocycles. The molecule has 1 amide bonds. The molecular formula is C14H10BrF2N3OS. The fourth-order valence-corrected chi connectivity index (χ4v) is 2.26. The molecule has 114 valence electrons. The standard InChI is InChI=1S/C14H10BrF2N3OS/c15-10-7-8(16)5-6-9(10)13(21)19-20-14(22)18-12-4-2-1-3-11(12)17/h1-7H,(H,19,21)(H2,18,20,22). The molecule has 0 aliphatic carbocycles. The zero-order valence-corrected chi connectivity index (χ0v) is 13.4. The van der Waals surface area contributed by atoms with Crippen molar-refractivity contribution in [2.75, 3.05) is 5.32 Å². The summed E-state index contributed by atoms with van der Waals surface area (Å²) in [5, 5.41) is 2.61. The van der Waals surface area contributed by atoms with Crippen LogP contribution in [-0.4, -0.2) is 11.0 Å². The molecule has 2 rings (SSSR count). The van der Waals surface area contributed by atoms with Gasteiger partial charge in [-0.15, -0.1) is 0 Å². The summed E-state index contributed by atoms with van der Waals surface area (Å²) >= 11 is 8.03. The fraction of sp³-hybridized carbons (Fsp3) is 0. The first-order chi connectivity index (χ1) is 10.5. The summed E-state index contributed by atoms with van der Waals surface area (Å²) in [6.45, 7) is 0. The molecule has 0 aliphatic heterocycles. The molecule has 0 aromatic heterocycles. The fourth-order valence-electron chi connectivity index (χ4n) is 1.57. The number of halogens is 3. The summed E-state index contributed by atoms with van der Waals surface area (Å²) in [7, 11) is 0. The number of benzene rings is 2. The van der Waals surface area contributed by atoms with Gasteiger partial charge in [0.25, 0.3) is 5.91 Å². The Bertz CT molecular complexity index is 727. The zero-order valence-electron chi connectivity index (χ0n) is 11.0. The minimum Gasteiger partial charge on any atom is -0.329 e. The van der Waals surface area contributed by atoms with E-state index in [1.807, 2.05) is 0 Å². The van der Waals surface area contributed by atoms with Crippen LogP contribution in [0.1, 0.15) is 10.4 Å². The minimum atomic E-state index is -0.524. The van der Waals surface area contributed by atoms with Crippen LogP contribution in [0.25, 0.3) is 0 Å². The summed E-state index contributed by atoms with van der Waals surface area (Å²) in [4.78, 5) is 11.9. The van der Waals surface area contributed by atoms with Gasteiger partial charge in [-0.2, -0.15) is 0 Å². The number of para-hydroxylation sites is 1. The average molecular weight is 386 g/mol. The van der Waals surface area contributed by atoms with Gasteiger partial charge in [-0.25, -0.2) is 8.78 Å². The maximum atomic E-state index is 13.4. The van der Waals surface area contributed by atoms with Gasteiger partial charge in [0.1, 0.15) is 11.6 Å². The Kier molecular flexibility index (Phi) is 5.40. The first-order valence-corrected chi connectivity index (χ1v) is 7.24.